The Balaban J connectivity index is 0. The molecule has 0 spiro atoms. The van der Waals surface area contributed by atoms with Gasteiger partial charge in [0, 0.05) is 41.9 Å². The van der Waals surface area contributed by atoms with Crippen molar-refractivity contribution in [2.75, 3.05) is 0 Å². The van der Waals surface area contributed by atoms with Crippen LogP contribution in [-0.2, 0) is 41.9 Å². The summed E-state index contributed by atoms with van der Waals surface area (Å²) in [7, 11) is 0. The van der Waals surface area contributed by atoms with Gasteiger partial charge in [-0.2, -0.15) is 0 Å². The van der Waals surface area contributed by atoms with Crippen LogP contribution in [0.3, 0.4) is 0 Å². The predicted octanol–water partition coefficient (Wildman–Crippen LogP) is -1.65. The Labute approximate surface area is 52.8 Å². The third-order valence-electron chi connectivity index (χ3n) is 0. The Morgan fingerprint density at radius 3 is 0.750 bits per heavy atom. The van der Waals surface area contributed by atoms with E-state index in [-0.39, 0.29) is 52.8 Å². The molecule has 0 aliphatic rings. The van der Waals surface area contributed by atoms with Crippen LogP contribution in [0.2, 0.25) is 0 Å². The van der Waals surface area contributed by atoms with E-state index in [1.54, 1.807) is 0 Å². The van der Waals surface area contributed by atoms with Crippen molar-refractivity contribution < 1.29 is 52.8 Å². The molecule has 4 heteroatoms. The van der Waals surface area contributed by atoms with Crippen molar-refractivity contribution in [2.45, 2.75) is 0 Å². The molecule has 1 radical (unpaired) electrons. The molecular weight excluding hydrogens is 314 g/mol. The van der Waals surface area contributed by atoms with E-state index in [4.69, 9.17) is 0 Å². The monoisotopic (exact) mass is 319 g/mol. The zero-order valence-corrected chi connectivity index (χ0v) is 6.75. The zero-order chi connectivity index (χ0) is 0. The van der Waals surface area contributed by atoms with Crippen LogP contribution in [0.1, 0.15) is 0 Å². The summed E-state index contributed by atoms with van der Waals surface area (Å²) in [6, 6.07) is 0. The summed E-state index contributed by atoms with van der Waals surface area (Å²) in [4.78, 5) is 0. The molecule has 0 aromatic carbocycles. The van der Waals surface area contributed by atoms with E-state index in [0.29, 0.717) is 0 Å². The minimum Gasteiger partial charge on any atom is -0.412 e. The van der Waals surface area contributed by atoms with Crippen molar-refractivity contribution in [3.63, 3.8) is 0 Å². The molecule has 0 saturated carbocycles. The second-order valence-electron chi connectivity index (χ2n) is 0. The molecule has 4 heavy (non-hydrogen) atoms. The minimum atomic E-state index is 0. The van der Waals surface area contributed by atoms with Crippen LogP contribution in [0.15, 0.2) is 0 Å². The normalized spacial score (nSPS) is 0. The molecule has 0 amide bonds. The van der Waals surface area contributed by atoms with Gasteiger partial charge in [0.25, 0.3) is 0 Å². The summed E-state index contributed by atoms with van der Waals surface area (Å²) >= 11 is 0. The molecule has 0 atom stereocenters. The van der Waals surface area contributed by atoms with Crippen LogP contribution in [0.5, 0.6) is 0 Å². The Kier molecular flexibility index (Phi) is 412. The number of hydrogen-bond acceptors (Lipinski definition) is 0. The maximum Gasteiger partial charge on any atom is 0 e. The van der Waals surface area contributed by atoms with Gasteiger partial charge in [0.15, 0.2) is 0 Å². The molecule has 0 bridgehead atoms. The second kappa shape index (κ2) is 28.0. The van der Waals surface area contributed by atoms with Crippen molar-refractivity contribution in [3.8, 4) is 0 Å². The van der Waals surface area contributed by atoms with E-state index in [2.05, 4.69) is 0 Å². The van der Waals surface area contributed by atoms with Gasteiger partial charge >= 0.3 is 0 Å². The van der Waals surface area contributed by atoms with Crippen LogP contribution in [0.25, 0.3) is 0 Å². The molecule has 4 N–H and O–H groups in total. The second-order valence-corrected chi connectivity index (χ2v) is 0. The van der Waals surface area contributed by atoms with Gasteiger partial charge in [0.05, 0.1) is 0 Å². The quantitative estimate of drug-likeness (QED) is 0.480. The molecule has 0 aromatic heterocycles. The van der Waals surface area contributed by atoms with Gasteiger partial charge in [-0.25, -0.2) is 0 Å². The van der Waals surface area contributed by atoms with Crippen molar-refractivity contribution in [1.29, 1.82) is 0 Å². The Bertz CT molecular complexity index is 6.00. The average molecular weight is 318 g/mol. The van der Waals surface area contributed by atoms with Gasteiger partial charge in [-0.15, -0.1) is 0 Å². The molecule has 0 aromatic rings. The van der Waals surface area contributed by atoms with Gasteiger partial charge in [0.2, 0.25) is 0 Å². The first-order valence-corrected chi connectivity index (χ1v) is 0. The Morgan fingerprint density at radius 1 is 0.750 bits per heavy atom. The number of hydrogen-bond donors (Lipinski definition) is 0. The van der Waals surface area contributed by atoms with E-state index >= 15 is 0 Å². The van der Waals surface area contributed by atoms with Crippen LogP contribution < -0.4 is 0 Å². The topological polar surface area (TPSA) is 63.0 Å². The van der Waals surface area contributed by atoms with Gasteiger partial charge in [-0.05, 0) is 0 Å². The zero-order valence-electron chi connectivity index (χ0n) is 1.80. The van der Waals surface area contributed by atoms with E-state index < -0.39 is 0 Å². The minimum absolute atomic E-state index is 0. The van der Waals surface area contributed by atoms with Crippen LogP contribution >= 0.6 is 0 Å². The maximum absolute atomic E-state index is 0. The van der Waals surface area contributed by atoms with Crippen LogP contribution in [0.4, 0.5) is 0 Å². The van der Waals surface area contributed by atoms with Gasteiger partial charge in [-0.1, -0.05) is 0 Å². The molecule has 0 rings (SSSR count). The van der Waals surface area contributed by atoms with Crippen LogP contribution in [0, 0.1) is 0 Å². The maximum atomic E-state index is 0. The van der Waals surface area contributed by atoms with Crippen molar-refractivity contribution in [1.82, 2.24) is 0 Å². The first-order valence-electron chi connectivity index (χ1n) is 0. The van der Waals surface area contributed by atoms with Crippen LogP contribution in [-0.4, -0.2) is 11.0 Å². The largest absolute Gasteiger partial charge is 0.412 e. The molecule has 0 aliphatic heterocycles. The molecule has 29 valence electrons. The smallest absolute Gasteiger partial charge is 0 e. The third kappa shape index (κ3) is 10.4. The van der Waals surface area contributed by atoms with Crippen molar-refractivity contribution in [2.24, 2.45) is 0 Å². The summed E-state index contributed by atoms with van der Waals surface area (Å²) < 4.78 is 0. The van der Waals surface area contributed by atoms with E-state index in [9.17, 15) is 0 Å². The fraction of sp³-hybridized carbons (Fsp3) is 0. The summed E-state index contributed by atoms with van der Waals surface area (Å²) in [5.41, 5.74) is 0. The summed E-state index contributed by atoms with van der Waals surface area (Å²) in [6.07, 6.45) is 0. The van der Waals surface area contributed by atoms with Crippen molar-refractivity contribution in [3.05, 3.63) is 0 Å². The first kappa shape index (κ1) is 58.8. The standard InChI is InChI=1S/2H2O.Ru.Ta/h2*1H2;;. The van der Waals surface area contributed by atoms with Gasteiger partial charge < -0.3 is 11.0 Å². The molecule has 0 fully saturated rings. The van der Waals surface area contributed by atoms with Crippen molar-refractivity contribution >= 4 is 0 Å². The summed E-state index contributed by atoms with van der Waals surface area (Å²) in [5.74, 6) is 0. The molecule has 0 saturated heterocycles. The molecule has 2 nitrogen and oxygen atoms in total. The molecule has 0 aliphatic carbocycles. The third-order valence-corrected chi connectivity index (χ3v) is 0. The average Bonchev–Trinajstić information content (AvgIpc) is 0. The summed E-state index contributed by atoms with van der Waals surface area (Å²) in [6.45, 7) is 0. The van der Waals surface area contributed by atoms with Gasteiger partial charge in [0.1, 0.15) is 0 Å². The van der Waals surface area contributed by atoms with E-state index in [1.165, 1.54) is 0 Å². The SMILES string of the molecule is O.O.[Ru].[Ta]. The fourth-order valence-corrected chi connectivity index (χ4v) is 0. The Hall–Kier alpha value is 1.28. The number of rotatable bonds is 0. The fourth-order valence-electron chi connectivity index (χ4n) is 0. The van der Waals surface area contributed by atoms with Gasteiger partial charge in [-0.3, -0.25) is 0 Å². The first-order chi connectivity index (χ1) is 0. The summed E-state index contributed by atoms with van der Waals surface area (Å²) in [5, 5.41) is 0. The predicted molar refractivity (Wildman–Crippen MR) is 7.23 cm³/mol. The van der Waals surface area contributed by atoms with E-state index in [0.717, 1.165) is 0 Å². The Morgan fingerprint density at radius 2 is 0.750 bits per heavy atom. The van der Waals surface area contributed by atoms with E-state index in [1.807, 2.05) is 0 Å². The molecule has 0 unspecified atom stereocenters. The molecular formula is H4O2RuTa. The molecule has 0 heterocycles.